The minimum atomic E-state index is -0.0738. The van der Waals surface area contributed by atoms with E-state index in [-0.39, 0.29) is 11.9 Å². The Kier molecular flexibility index (Phi) is 7.34. The van der Waals surface area contributed by atoms with Crippen LogP contribution in [0.25, 0.3) is 0 Å². The van der Waals surface area contributed by atoms with Crippen molar-refractivity contribution in [2.75, 3.05) is 27.7 Å². The first-order valence-electron chi connectivity index (χ1n) is 9.79. The predicted octanol–water partition coefficient (Wildman–Crippen LogP) is 4.16. The van der Waals surface area contributed by atoms with Gasteiger partial charge < -0.3 is 15.0 Å². The molecule has 1 atom stereocenters. The van der Waals surface area contributed by atoms with E-state index < -0.39 is 0 Å². The van der Waals surface area contributed by atoms with Crippen LogP contribution in [0, 0.1) is 0 Å². The molecule has 1 aliphatic carbocycles. The molecule has 0 spiro atoms. The fourth-order valence-electron chi connectivity index (χ4n) is 3.62. The van der Waals surface area contributed by atoms with Crippen molar-refractivity contribution in [2.45, 2.75) is 42.0 Å². The average molecular weight is 400 g/mol. The Hall–Kier alpha value is -2.05. The van der Waals surface area contributed by atoms with Crippen LogP contribution in [0.15, 0.2) is 47.6 Å². The summed E-state index contributed by atoms with van der Waals surface area (Å²) in [5, 5.41) is 4.52. The minimum absolute atomic E-state index is 0.0164. The number of amides is 1. The van der Waals surface area contributed by atoms with Crippen LogP contribution >= 0.6 is 11.8 Å². The van der Waals surface area contributed by atoms with Crippen molar-refractivity contribution in [2.24, 2.45) is 0 Å². The summed E-state index contributed by atoms with van der Waals surface area (Å²) in [5.41, 5.74) is 1.72. The molecule has 150 valence electrons. The maximum Gasteiger partial charge on any atom is 0.254 e. The molecule has 3 rings (SSSR count). The van der Waals surface area contributed by atoms with E-state index in [0.29, 0.717) is 17.4 Å². The average Bonchev–Trinajstić information content (AvgIpc) is 3.21. The number of aromatic nitrogens is 1. The number of likely N-dealkylation sites (N-methyl/N-ethyl adjacent to an activating group) is 1. The molecule has 1 fully saturated rings. The van der Waals surface area contributed by atoms with E-state index in [4.69, 9.17) is 4.74 Å². The van der Waals surface area contributed by atoms with Crippen molar-refractivity contribution in [3.8, 4) is 5.75 Å². The van der Waals surface area contributed by atoms with Crippen molar-refractivity contribution < 1.29 is 9.53 Å². The van der Waals surface area contributed by atoms with Gasteiger partial charge in [0, 0.05) is 23.6 Å². The van der Waals surface area contributed by atoms with Gasteiger partial charge in [0.2, 0.25) is 0 Å². The number of methoxy groups -OCH3 is 1. The van der Waals surface area contributed by atoms with Gasteiger partial charge in [0.1, 0.15) is 10.8 Å². The number of nitrogens with zero attached hydrogens (tertiary/aromatic N) is 2. The van der Waals surface area contributed by atoms with Crippen molar-refractivity contribution in [3.63, 3.8) is 0 Å². The van der Waals surface area contributed by atoms with Crippen LogP contribution < -0.4 is 10.1 Å². The number of rotatable bonds is 8. The van der Waals surface area contributed by atoms with E-state index in [1.807, 2.05) is 50.5 Å². The first-order valence-corrected chi connectivity index (χ1v) is 10.7. The Labute approximate surface area is 171 Å². The number of benzene rings is 1. The van der Waals surface area contributed by atoms with Gasteiger partial charge in [-0.15, -0.1) is 11.8 Å². The molecule has 28 heavy (non-hydrogen) atoms. The summed E-state index contributed by atoms with van der Waals surface area (Å²) in [7, 11) is 5.69. The lowest BCUT2D eigenvalue weighted by molar-refractivity contribution is 0.0938. The lowest BCUT2D eigenvalue weighted by atomic mass is 10.0. The molecular formula is C22H29N3O2S. The molecule has 0 bridgehead atoms. The normalized spacial score (nSPS) is 15.6. The molecule has 1 saturated carbocycles. The maximum absolute atomic E-state index is 12.9. The fraction of sp³-hybridized carbons (Fsp3) is 0.455. The maximum atomic E-state index is 12.9. The molecule has 1 aromatic carbocycles. The standard InChI is InChI=1S/C22H29N3O2S/c1-25(2)19(17-11-6-7-13-20(17)27-3)15-24-21(26)18-12-8-14-23-22(18)28-16-9-4-5-10-16/h6-8,11-14,16,19H,4-5,9-10,15H2,1-3H3,(H,24,26). The topological polar surface area (TPSA) is 54.5 Å². The van der Waals surface area contributed by atoms with Crippen LogP contribution in [-0.2, 0) is 0 Å². The van der Waals surface area contributed by atoms with Gasteiger partial charge in [0.25, 0.3) is 5.91 Å². The third-order valence-corrected chi connectivity index (χ3v) is 6.53. The highest BCUT2D eigenvalue weighted by Crippen LogP contribution is 2.35. The summed E-state index contributed by atoms with van der Waals surface area (Å²) >= 11 is 1.75. The van der Waals surface area contributed by atoms with Gasteiger partial charge >= 0.3 is 0 Å². The Morgan fingerprint density at radius 1 is 1.25 bits per heavy atom. The van der Waals surface area contributed by atoms with E-state index >= 15 is 0 Å². The highest BCUT2D eigenvalue weighted by Gasteiger charge is 2.23. The zero-order valence-corrected chi connectivity index (χ0v) is 17.7. The first-order chi connectivity index (χ1) is 13.6. The van der Waals surface area contributed by atoms with Crippen molar-refractivity contribution in [3.05, 3.63) is 53.7 Å². The second-order valence-electron chi connectivity index (χ2n) is 7.31. The predicted molar refractivity (Wildman–Crippen MR) is 114 cm³/mol. The lowest BCUT2D eigenvalue weighted by Crippen LogP contribution is -2.35. The van der Waals surface area contributed by atoms with Gasteiger partial charge in [-0.05, 0) is 45.1 Å². The molecule has 0 radical (unpaired) electrons. The second kappa shape index (κ2) is 9.94. The zero-order chi connectivity index (χ0) is 19.9. The number of carbonyl (C=O) groups is 1. The van der Waals surface area contributed by atoms with Gasteiger partial charge in [0.15, 0.2) is 0 Å². The molecule has 5 nitrogen and oxygen atoms in total. The molecule has 1 N–H and O–H groups in total. The van der Waals surface area contributed by atoms with Crippen molar-refractivity contribution in [1.82, 2.24) is 15.2 Å². The highest BCUT2D eigenvalue weighted by molar-refractivity contribution is 7.99. The second-order valence-corrected chi connectivity index (χ2v) is 8.60. The number of para-hydroxylation sites is 1. The number of nitrogens with one attached hydrogen (secondary N) is 1. The van der Waals surface area contributed by atoms with E-state index in [2.05, 4.69) is 15.2 Å². The highest BCUT2D eigenvalue weighted by atomic mass is 32.2. The lowest BCUT2D eigenvalue weighted by Gasteiger charge is -2.26. The number of carbonyl (C=O) groups excluding carboxylic acids is 1. The monoisotopic (exact) mass is 399 g/mol. The number of hydrogen-bond acceptors (Lipinski definition) is 5. The molecule has 1 aliphatic rings. The number of pyridine rings is 1. The molecule has 1 aromatic heterocycles. The Morgan fingerprint density at radius 2 is 2.00 bits per heavy atom. The Morgan fingerprint density at radius 3 is 2.71 bits per heavy atom. The van der Waals surface area contributed by atoms with Crippen LogP contribution in [0.2, 0.25) is 0 Å². The molecule has 1 unspecified atom stereocenters. The third kappa shape index (κ3) is 5.06. The van der Waals surface area contributed by atoms with Crippen LogP contribution in [0.5, 0.6) is 5.75 Å². The zero-order valence-electron chi connectivity index (χ0n) is 16.9. The van der Waals surface area contributed by atoms with E-state index in [1.54, 1.807) is 25.1 Å². The SMILES string of the molecule is COc1ccccc1C(CNC(=O)c1cccnc1SC1CCCC1)N(C)C. The van der Waals surface area contributed by atoms with E-state index in [1.165, 1.54) is 25.7 Å². The van der Waals surface area contributed by atoms with Gasteiger partial charge in [-0.2, -0.15) is 0 Å². The number of thioether (sulfide) groups is 1. The summed E-state index contributed by atoms with van der Waals surface area (Å²) in [6.45, 7) is 0.495. The summed E-state index contributed by atoms with van der Waals surface area (Å²) in [5.74, 6) is 0.754. The largest absolute Gasteiger partial charge is 0.496 e. The van der Waals surface area contributed by atoms with Crippen LogP contribution in [-0.4, -0.2) is 48.8 Å². The molecule has 0 aliphatic heterocycles. The van der Waals surface area contributed by atoms with Gasteiger partial charge in [-0.3, -0.25) is 4.79 Å². The van der Waals surface area contributed by atoms with E-state index in [0.717, 1.165) is 16.3 Å². The van der Waals surface area contributed by atoms with Crippen LogP contribution in [0.1, 0.15) is 47.6 Å². The van der Waals surface area contributed by atoms with Crippen LogP contribution in [0.3, 0.4) is 0 Å². The van der Waals surface area contributed by atoms with E-state index in [9.17, 15) is 4.79 Å². The van der Waals surface area contributed by atoms with Gasteiger partial charge in [-0.1, -0.05) is 31.0 Å². The third-order valence-electron chi connectivity index (χ3n) is 5.17. The van der Waals surface area contributed by atoms with Gasteiger partial charge in [0.05, 0.1) is 18.7 Å². The van der Waals surface area contributed by atoms with Crippen LogP contribution in [0.4, 0.5) is 0 Å². The summed E-state index contributed by atoms with van der Waals surface area (Å²) < 4.78 is 5.51. The summed E-state index contributed by atoms with van der Waals surface area (Å²) in [6.07, 6.45) is 6.73. The molecule has 1 heterocycles. The Bertz CT molecular complexity index is 791. The fourth-order valence-corrected chi connectivity index (χ4v) is 4.91. The molecule has 0 saturated heterocycles. The molecule has 1 amide bonds. The van der Waals surface area contributed by atoms with Crippen molar-refractivity contribution >= 4 is 17.7 Å². The Balaban J connectivity index is 1.71. The number of ether oxygens (including phenoxy) is 1. The number of hydrogen-bond donors (Lipinski definition) is 1. The molecule has 2 aromatic rings. The first kappa shape index (κ1) is 20.7. The molecular weight excluding hydrogens is 370 g/mol. The summed E-state index contributed by atoms with van der Waals surface area (Å²) in [4.78, 5) is 19.5. The smallest absolute Gasteiger partial charge is 0.254 e. The quantitative estimate of drug-likeness (QED) is 0.722. The van der Waals surface area contributed by atoms with Gasteiger partial charge in [-0.25, -0.2) is 4.98 Å². The minimum Gasteiger partial charge on any atom is -0.496 e. The molecule has 6 heteroatoms. The van der Waals surface area contributed by atoms with Crippen molar-refractivity contribution in [1.29, 1.82) is 0 Å². The summed E-state index contributed by atoms with van der Waals surface area (Å²) in [6, 6.07) is 11.7.